The Labute approximate surface area is 59.2 Å². The van der Waals surface area contributed by atoms with Gasteiger partial charge in [0.15, 0.2) is 9.76 Å². The number of hydrogen-bond acceptors (Lipinski definition) is 2. The highest BCUT2D eigenvalue weighted by atomic mass is 32.1. The van der Waals surface area contributed by atoms with Crippen molar-refractivity contribution < 1.29 is 4.43 Å². The van der Waals surface area contributed by atoms with E-state index in [2.05, 4.69) is 26.5 Å². The summed E-state index contributed by atoms with van der Waals surface area (Å²) in [7, 11) is -0.213. The van der Waals surface area contributed by atoms with Gasteiger partial charge in [0.2, 0.25) is 0 Å². The van der Waals surface area contributed by atoms with Crippen molar-refractivity contribution in [2.24, 2.45) is 0 Å². The van der Waals surface area contributed by atoms with Crippen molar-refractivity contribution in [3.63, 3.8) is 0 Å². The normalized spacial score (nSPS) is 12.0. The van der Waals surface area contributed by atoms with Crippen LogP contribution in [0, 0.1) is 0 Å². The second-order valence-electron chi connectivity index (χ2n) is 2.00. The molecule has 0 saturated heterocycles. The largest absolute Gasteiger partial charge is 0.422 e. The van der Waals surface area contributed by atoms with Crippen LogP contribution < -0.4 is 0 Å². The molecule has 1 nitrogen and oxygen atoms in total. The first-order chi connectivity index (χ1) is 3.77. The zero-order chi connectivity index (χ0) is 6.41. The summed E-state index contributed by atoms with van der Waals surface area (Å²) in [5, 5.41) is 0. The van der Waals surface area contributed by atoms with Gasteiger partial charge in [-0.15, -0.1) is 0 Å². The smallest absolute Gasteiger partial charge is 0.162 e. The Kier molecular flexibility index (Phi) is 6.03. The zero-order valence-corrected chi connectivity index (χ0v) is 7.86. The van der Waals surface area contributed by atoms with E-state index < -0.39 is 0 Å². The van der Waals surface area contributed by atoms with Crippen LogP contribution in [0.1, 0.15) is 13.8 Å². The third kappa shape index (κ3) is 6.53. The lowest BCUT2D eigenvalue weighted by molar-refractivity contribution is 0.256. The molecule has 0 unspecified atom stereocenters. The number of thiol groups is 1. The Morgan fingerprint density at radius 1 is 1.62 bits per heavy atom. The summed E-state index contributed by atoms with van der Waals surface area (Å²) >= 11 is 4.08. The molecule has 0 radical (unpaired) electrons. The molecule has 50 valence electrons. The fraction of sp³-hybridized carbons (Fsp3) is 1.00. The van der Waals surface area contributed by atoms with Crippen molar-refractivity contribution in [3.05, 3.63) is 0 Å². The van der Waals surface area contributed by atoms with Crippen LogP contribution in [0.2, 0.25) is 6.04 Å². The summed E-state index contributed by atoms with van der Waals surface area (Å²) in [6.07, 6.45) is 0.432. The minimum Gasteiger partial charge on any atom is -0.422 e. The molecule has 0 spiro atoms. The molecule has 0 aliphatic carbocycles. The van der Waals surface area contributed by atoms with Crippen molar-refractivity contribution in [1.82, 2.24) is 0 Å². The maximum Gasteiger partial charge on any atom is 0.162 e. The predicted molar refractivity (Wildman–Crippen MR) is 43.4 cm³/mol. The zero-order valence-electron chi connectivity index (χ0n) is 5.55. The molecule has 0 saturated carbocycles. The lowest BCUT2D eigenvalue weighted by atomic mass is 10.5. The summed E-state index contributed by atoms with van der Waals surface area (Å²) in [6.45, 7) is 4.15. The first-order valence-electron chi connectivity index (χ1n) is 3.00. The fourth-order valence-corrected chi connectivity index (χ4v) is 1.54. The van der Waals surface area contributed by atoms with Crippen LogP contribution in [0.5, 0.6) is 0 Å². The quantitative estimate of drug-likeness (QED) is 0.355. The summed E-state index contributed by atoms with van der Waals surface area (Å²) in [5.41, 5.74) is 0. The molecular formula is C5H14OSSi. The maximum absolute atomic E-state index is 5.37. The highest BCUT2D eigenvalue weighted by molar-refractivity contribution is 7.80. The van der Waals surface area contributed by atoms with Gasteiger partial charge in [-0.05, 0) is 25.6 Å². The van der Waals surface area contributed by atoms with E-state index >= 15 is 0 Å². The van der Waals surface area contributed by atoms with Crippen molar-refractivity contribution in [1.29, 1.82) is 0 Å². The van der Waals surface area contributed by atoms with Gasteiger partial charge in [-0.2, -0.15) is 12.6 Å². The Morgan fingerprint density at radius 3 is 2.62 bits per heavy atom. The third-order valence-electron chi connectivity index (χ3n) is 0.754. The molecule has 0 fully saturated rings. The van der Waals surface area contributed by atoms with Gasteiger partial charge in [0.05, 0.1) is 0 Å². The van der Waals surface area contributed by atoms with Gasteiger partial charge in [-0.1, -0.05) is 0 Å². The monoisotopic (exact) mass is 150 g/mol. The van der Waals surface area contributed by atoms with Gasteiger partial charge in [0.25, 0.3) is 0 Å². The highest BCUT2D eigenvalue weighted by Gasteiger charge is 1.90. The number of rotatable bonds is 4. The first kappa shape index (κ1) is 8.53. The third-order valence-corrected chi connectivity index (χ3v) is 3.21. The van der Waals surface area contributed by atoms with Crippen LogP contribution in [0.4, 0.5) is 0 Å². The molecule has 0 N–H and O–H groups in total. The van der Waals surface area contributed by atoms with Crippen molar-refractivity contribution in [2.45, 2.75) is 26.0 Å². The molecule has 0 aromatic rings. The minimum absolute atomic E-state index is 0.213. The highest BCUT2D eigenvalue weighted by Crippen LogP contribution is 1.89. The lowest BCUT2D eigenvalue weighted by Gasteiger charge is -2.04. The molecular weight excluding hydrogens is 136 g/mol. The van der Waals surface area contributed by atoms with E-state index in [4.69, 9.17) is 4.43 Å². The van der Waals surface area contributed by atoms with E-state index in [0.717, 1.165) is 5.75 Å². The van der Waals surface area contributed by atoms with E-state index in [1.165, 1.54) is 6.04 Å². The molecule has 8 heavy (non-hydrogen) atoms. The van der Waals surface area contributed by atoms with Crippen LogP contribution in [-0.4, -0.2) is 21.6 Å². The lowest BCUT2D eigenvalue weighted by Crippen LogP contribution is -2.06. The second kappa shape index (κ2) is 5.66. The standard InChI is InChI=1S/C5H14OSSi/c1-5(2)6-8-4-3-7/h5,7H,3-4,8H2,1-2H3. The van der Waals surface area contributed by atoms with E-state index in [0.29, 0.717) is 6.10 Å². The van der Waals surface area contributed by atoms with Gasteiger partial charge in [0, 0.05) is 6.10 Å². The SMILES string of the molecule is CC(C)O[SiH2]CCS. The van der Waals surface area contributed by atoms with Crippen LogP contribution in [0.15, 0.2) is 0 Å². The van der Waals surface area contributed by atoms with Gasteiger partial charge in [-0.25, -0.2) is 0 Å². The molecule has 0 aromatic heterocycles. The molecule has 0 amide bonds. The van der Waals surface area contributed by atoms with Crippen LogP contribution >= 0.6 is 12.6 Å². The summed E-state index contributed by atoms with van der Waals surface area (Å²) in [5.74, 6) is 0.985. The Bertz CT molecular complexity index is 49.7. The maximum atomic E-state index is 5.37. The molecule has 0 aliphatic heterocycles. The molecule has 0 atom stereocenters. The second-order valence-corrected chi connectivity index (χ2v) is 3.89. The fourth-order valence-electron chi connectivity index (χ4n) is 0.384. The Morgan fingerprint density at radius 2 is 2.25 bits per heavy atom. The van der Waals surface area contributed by atoms with E-state index in [9.17, 15) is 0 Å². The van der Waals surface area contributed by atoms with Crippen molar-refractivity contribution in [3.8, 4) is 0 Å². The van der Waals surface area contributed by atoms with E-state index in [1.807, 2.05) is 0 Å². The van der Waals surface area contributed by atoms with Crippen LogP contribution in [0.3, 0.4) is 0 Å². The Balaban J connectivity index is 2.72. The molecule has 0 rings (SSSR count). The molecule has 0 heterocycles. The Hall–Kier alpha value is 0.527. The van der Waals surface area contributed by atoms with E-state index in [1.54, 1.807) is 0 Å². The van der Waals surface area contributed by atoms with Crippen LogP contribution in [-0.2, 0) is 4.43 Å². The van der Waals surface area contributed by atoms with Gasteiger partial charge >= 0.3 is 0 Å². The average Bonchev–Trinajstić information content (AvgIpc) is 1.66. The summed E-state index contributed by atoms with van der Waals surface area (Å²) in [4.78, 5) is 0. The van der Waals surface area contributed by atoms with Crippen LogP contribution in [0.25, 0.3) is 0 Å². The molecule has 0 aliphatic rings. The molecule has 0 aromatic carbocycles. The van der Waals surface area contributed by atoms with Crippen molar-refractivity contribution >= 4 is 22.4 Å². The first-order valence-corrected chi connectivity index (χ1v) is 5.21. The van der Waals surface area contributed by atoms with E-state index in [-0.39, 0.29) is 9.76 Å². The van der Waals surface area contributed by atoms with Gasteiger partial charge in [0.1, 0.15) is 0 Å². The topological polar surface area (TPSA) is 9.23 Å². The summed E-state index contributed by atoms with van der Waals surface area (Å²) in [6, 6.07) is 1.20. The van der Waals surface area contributed by atoms with Gasteiger partial charge in [-0.3, -0.25) is 0 Å². The molecule has 3 heteroatoms. The average molecular weight is 150 g/mol. The minimum atomic E-state index is -0.213. The van der Waals surface area contributed by atoms with Gasteiger partial charge < -0.3 is 4.43 Å². The predicted octanol–water partition coefficient (Wildman–Crippen LogP) is 0.843. The van der Waals surface area contributed by atoms with Crippen molar-refractivity contribution in [2.75, 3.05) is 5.75 Å². The number of hydrogen-bond donors (Lipinski definition) is 1. The summed E-state index contributed by atoms with van der Waals surface area (Å²) < 4.78 is 5.37. The molecule has 0 bridgehead atoms.